The van der Waals surface area contributed by atoms with Gasteiger partial charge in [0.2, 0.25) is 5.91 Å². The summed E-state index contributed by atoms with van der Waals surface area (Å²) in [5, 5.41) is 5.64. The van der Waals surface area contributed by atoms with Crippen LogP contribution < -0.4 is 10.6 Å². The van der Waals surface area contributed by atoms with E-state index >= 15 is 0 Å². The molecule has 0 fully saturated rings. The van der Waals surface area contributed by atoms with Crippen LogP contribution >= 0.6 is 23.1 Å². The van der Waals surface area contributed by atoms with Crippen LogP contribution in [0.25, 0.3) is 10.2 Å². The van der Waals surface area contributed by atoms with Gasteiger partial charge in [0.15, 0.2) is 4.34 Å². The maximum Gasteiger partial charge on any atom is 0.255 e. The maximum atomic E-state index is 13.0. The second-order valence-electron chi connectivity index (χ2n) is 6.33. The maximum absolute atomic E-state index is 13.0. The van der Waals surface area contributed by atoms with Crippen molar-refractivity contribution >= 4 is 56.5 Å². The quantitative estimate of drug-likeness (QED) is 0.395. The zero-order valence-corrected chi connectivity index (χ0v) is 17.2. The number of anilines is 2. The molecule has 2 N–H and O–H groups in total. The van der Waals surface area contributed by atoms with Crippen molar-refractivity contribution < 1.29 is 14.0 Å². The Bertz CT molecular complexity index is 1190. The molecule has 0 unspecified atom stereocenters. The second-order valence-corrected chi connectivity index (χ2v) is 8.58. The third kappa shape index (κ3) is 5.03. The Hall–Kier alpha value is -3.23. The van der Waals surface area contributed by atoms with Gasteiger partial charge in [-0.15, -0.1) is 11.3 Å². The average molecular weight is 438 g/mol. The molecule has 0 aliphatic carbocycles. The first-order valence-electron chi connectivity index (χ1n) is 9.02. The standard InChI is InChI=1S/C22H16FN3O2S2/c23-15-8-6-14(7-9-15)21(28)25-17-10-11-18-19(12-17)30-22(26-18)29-13-20(27)24-16-4-2-1-3-5-16/h1-12H,13H2,(H,24,27)(H,25,28). The topological polar surface area (TPSA) is 71.1 Å². The molecule has 0 aliphatic heterocycles. The van der Waals surface area contributed by atoms with E-state index in [1.54, 1.807) is 6.07 Å². The van der Waals surface area contributed by atoms with Gasteiger partial charge in [-0.2, -0.15) is 0 Å². The van der Waals surface area contributed by atoms with Gasteiger partial charge in [0.1, 0.15) is 5.82 Å². The molecule has 8 heteroatoms. The molecule has 0 atom stereocenters. The van der Waals surface area contributed by atoms with Gasteiger partial charge in [-0.1, -0.05) is 30.0 Å². The summed E-state index contributed by atoms with van der Waals surface area (Å²) < 4.78 is 14.7. The number of nitrogens with one attached hydrogen (secondary N) is 2. The molecule has 5 nitrogen and oxygen atoms in total. The van der Waals surface area contributed by atoms with Crippen molar-refractivity contribution in [2.24, 2.45) is 0 Å². The van der Waals surface area contributed by atoms with E-state index in [0.717, 1.165) is 20.2 Å². The molecule has 1 heterocycles. The molecular formula is C22H16FN3O2S2. The first kappa shape index (κ1) is 20.1. The molecule has 4 rings (SSSR count). The molecule has 2 amide bonds. The van der Waals surface area contributed by atoms with Crippen LogP contribution in [-0.2, 0) is 4.79 Å². The number of thiazole rings is 1. The number of hydrogen-bond donors (Lipinski definition) is 2. The summed E-state index contributed by atoms with van der Waals surface area (Å²) in [6.07, 6.45) is 0. The van der Waals surface area contributed by atoms with E-state index in [0.29, 0.717) is 11.3 Å². The van der Waals surface area contributed by atoms with Gasteiger partial charge in [-0.3, -0.25) is 9.59 Å². The Morgan fingerprint density at radius 3 is 2.47 bits per heavy atom. The molecule has 30 heavy (non-hydrogen) atoms. The number of benzene rings is 3. The fourth-order valence-electron chi connectivity index (χ4n) is 2.69. The average Bonchev–Trinajstić information content (AvgIpc) is 3.16. The van der Waals surface area contributed by atoms with E-state index in [4.69, 9.17) is 0 Å². The van der Waals surface area contributed by atoms with Crippen molar-refractivity contribution in [3.63, 3.8) is 0 Å². The number of rotatable bonds is 6. The predicted molar refractivity (Wildman–Crippen MR) is 120 cm³/mol. The third-order valence-electron chi connectivity index (χ3n) is 4.12. The largest absolute Gasteiger partial charge is 0.325 e. The molecule has 0 aliphatic rings. The monoisotopic (exact) mass is 437 g/mol. The number of carbonyl (C=O) groups excluding carboxylic acids is 2. The smallest absolute Gasteiger partial charge is 0.255 e. The number of halogens is 1. The minimum Gasteiger partial charge on any atom is -0.325 e. The fraction of sp³-hybridized carbons (Fsp3) is 0.0455. The zero-order chi connectivity index (χ0) is 20.9. The molecule has 4 aromatic rings. The fourth-order valence-corrected chi connectivity index (χ4v) is 4.60. The molecule has 0 spiro atoms. The SMILES string of the molecule is O=C(CSc1nc2ccc(NC(=O)c3ccc(F)cc3)cc2s1)Nc1ccccc1. The molecular weight excluding hydrogens is 421 g/mol. The minimum absolute atomic E-state index is 0.0993. The Kier molecular flexibility index (Phi) is 6.06. The van der Waals surface area contributed by atoms with Crippen molar-refractivity contribution in [1.29, 1.82) is 0 Å². The van der Waals surface area contributed by atoms with E-state index in [1.807, 2.05) is 42.5 Å². The summed E-state index contributed by atoms with van der Waals surface area (Å²) in [7, 11) is 0. The molecule has 0 bridgehead atoms. The molecule has 0 radical (unpaired) electrons. The third-order valence-corrected chi connectivity index (χ3v) is 6.28. The molecule has 3 aromatic carbocycles. The highest BCUT2D eigenvalue weighted by atomic mass is 32.2. The normalized spacial score (nSPS) is 10.7. The number of fused-ring (bicyclic) bond motifs is 1. The summed E-state index contributed by atoms with van der Waals surface area (Å²) in [5.41, 5.74) is 2.56. The van der Waals surface area contributed by atoms with Crippen LogP contribution in [0.1, 0.15) is 10.4 Å². The lowest BCUT2D eigenvalue weighted by Gasteiger charge is -2.05. The lowest BCUT2D eigenvalue weighted by atomic mass is 10.2. The summed E-state index contributed by atoms with van der Waals surface area (Å²) in [4.78, 5) is 28.9. The van der Waals surface area contributed by atoms with Crippen molar-refractivity contribution in [3.05, 3.63) is 84.2 Å². The van der Waals surface area contributed by atoms with Crippen LogP contribution in [0, 0.1) is 5.82 Å². The van der Waals surface area contributed by atoms with E-state index in [-0.39, 0.29) is 23.4 Å². The molecule has 0 saturated carbocycles. The number of amides is 2. The van der Waals surface area contributed by atoms with E-state index in [1.165, 1.54) is 47.4 Å². The summed E-state index contributed by atoms with van der Waals surface area (Å²) in [5.74, 6) is -0.549. The van der Waals surface area contributed by atoms with Crippen molar-refractivity contribution in [3.8, 4) is 0 Å². The van der Waals surface area contributed by atoms with Crippen LogP contribution in [-0.4, -0.2) is 22.6 Å². The molecule has 0 saturated heterocycles. The van der Waals surface area contributed by atoms with Crippen molar-refractivity contribution in [2.75, 3.05) is 16.4 Å². The van der Waals surface area contributed by atoms with Crippen LogP contribution in [0.15, 0.2) is 77.1 Å². The number of para-hydroxylation sites is 1. The lowest BCUT2D eigenvalue weighted by Crippen LogP contribution is -2.13. The van der Waals surface area contributed by atoms with Crippen molar-refractivity contribution in [1.82, 2.24) is 4.98 Å². The van der Waals surface area contributed by atoms with E-state index < -0.39 is 0 Å². The van der Waals surface area contributed by atoms with Gasteiger partial charge in [0.25, 0.3) is 5.91 Å². The van der Waals surface area contributed by atoms with Crippen LogP contribution in [0.4, 0.5) is 15.8 Å². The van der Waals surface area contributed by atoms with Gasteiger partial charge in [-0.25, -0.2) is 9.37 Å². The molecule has 1 aromatic heterocycles. The lowest BCUT2D eigenvalue weighted by molar-refractivity contribution is -0.113. The summed E-state index contributed by atoms with van der Waals surface area (Å²) in [6, 6.07) is 20.1. The first-order chi connectivity index (χ1) is 14.6. The van der Waals surface area contributed by atoms with Crippen LogP contribution in [0.5, 0.6) is 0 Å². The Morgan fingerprint density at radius 1 is 0.933 bits per heavy atom. The van der Waals surface area contributed by atoms with Gasteiger partial charge in [0.05, 0.1) is 16.0 Å². The van der Waals surface area contributed by atoms with Gasteiger partial charge < -0.3 is 10.6 Å². The number of carbonyl (C=O) groups is 2. The van der Waals surface area contributed by atoms with Crippen molar-refractivity contribution in [2.45, 2.75) is 4.34 Å². The Labute approximate surface area is 180 Å². The Balaban J connectivity index is 1.39. The van der Waals surface area contributed by atoms with Crippen LogP contribution in [0.3, 0.4) is 0 Å². The first-order valence-corrected chi connectivity index (χ1v) is 10.8. The second kappa shape index (κ2) is 9.06. The van der Waals surface area contributed by atoms with Crippen LogP contribution in [0.2, 0.25) is 0 Å². The van der Waals surface area contributed by atoms with E-state index in [9.17, 15) is 14.0 Å². The van der Waals surface area contributed by atoms with E-state index in [2.05, 4.69) is 15.6 Å². The number of nitrogens with zero attached hydrogens (tertiary/aromatic N) is 1. The minimum atomic E-state index is -0.389. The highest BCUT2D eigenvalue weighted by Gasteiger charge is 2.11. The van der Waals surface area contributed by atoms with Gasteiger partial charge >= 0.3 is 0 Å². The highest BCUT2D eigenvalue weighted by Crippen LogP contribution is 2.31. The summed E-state index contributed by atoms with van der Waals surface area (Å²) >= 11 is 2.82. The number of thioether (sulfide) groups is 1. The predicted octanol–water partition coefficient (Wildman–Crippen LogP) is 5.42. The highest BCUT2D eigenvalue weighted by molar-refractivity contribution is 8.01. The van der Waals surface area contributed by atoms with Gasteiger partial charge in [0, 0.05) is 16.9 Å². The number of hydrogen-bond acceptors (Lipinski definition) is 5. The molecule has 150 valence electrons. The Morgan fingerprint density at radius 2 is 1.70 bits per heavy atom. The van der Waals surface area contributed by atoms with Gasteiger partial charge in [-0.05, 0) is 54.6 Å². The zero-order valence-electron chi connectivity index (χ0n) is 15.6. The summed E-state index contributed by atoms with van der Waals surface area (Å²) in [6.45, 7) is 0. The number of aromatic nitrogens is 1.